The van der Waals surface area contributed by atoms with E-state index in [4.69, 9.17) is 4.74 Å². The number of nitrogens with one attached hydrogen (secondary N) is 1. The van der Waals surface area contributed by atoms with Gasteiger partial charge in [0.15, 0.2) is 0 Å². The summed E-state index contributed by atoms with van der Waals surface area (Å²) in [5.41, 5.74) is -2.22. The molecule has 3 fully saturated rings. The van der Waals surface area contributed by atoms with Crippen molar-refractivity contribution in [3.63, 3.8) is 0 Å². The van der Waals surface area contributed by atoms with Crippen LogP contribution in [0.2, 0.25) is 0 Å². The number of imide groups is 1. The Morgan fingerprint density at radius 2 is 1.47 bits per heavy atom. The summed E-state index contributed by atoms with van der Waals surface area (Å²) in [6.07, 6.45) is -10.4. The summed E-state index contributed by atoms with van der Waals surface area (Å²) < 4.78 is 87.1. The number of ether oxygens (including phenoxy) is 1. The molecular weight excluding hydrogens is 606 g/mol. The van der Waals surface area contributed by atoms with Crippen molar-refractivity contribution in [1.29, 1.82) is 0 Å². The highest BCUT2D eigenvalue weighted by atomic mass is 19.4. The van der Waals surface area contributed by atoms with Crippen LogP contribution in [0.5, 0.6) is 0 Å². The van der Waals surface area contributed by atoms with Gasteiger partial charge in [-0.3, -0.25) is 4.79 Å². The fraction of sp³-hybridized carbons (Fsp3) is 0.516. The number of nitrogens with zero attached hydrogens (tertiary/aromatic N) is 3. The highest BCUT2D eigenvalue weighted by Gasteiger charge is 2.40. The van der Waals surface area contributed by atoms with E-state index in [1.807, 2.05) is 30.3 Å². The Morgan fingerprint density at radius 3 is 2.02 bits per heavy atom. The maximum absolute atomic E-state index is 13.6. The summed E-state index contributed by atoms with van der Waals surface area (Å²) >= 11 is 0. The monoisotopic (exact) mass is 640 g/mol. The van der Waals surface area contributed by atoms with Crippen molar-refractivity contribution in [1.82, 2.24) is 20.0 Å². The fourth-order valence-electron chi connectivity index (χ4n) is 6.27. The minimum atomic E-state index is -4.97. The van der Waals surface area contributed by atoms with Crippen LogP contribution in [0.4, 0.5) is 35.9 Å². The quantitative estimate of drug-likeness (QED) is 0.404. The first-order valence-corrected chi connectivity index (χ1v) is 14.8. The number of piperidine rings is 2. The molecule has 2 aromatic rings. The van der Waals surface area contributed by atoms with Gasteiger partial charge >= 0.3 is 24.4 Å². The molecule has 3 atom stereocenters. The van der Waals surface area contributed by atoms with Crippen LogP contribution in [0.25, 0.3) is 0 Å². The third kappa shape index (κ3) is 7.37. The average molecular weight is 641 g/mol. The second-order valence-corrected chi connectivity index (χ2v) is 11.7. The van der Waals surface area contributed by atoms with Crippen LogP contribution >= 0.6 is 0 Å². The summed E-state index contributed by atoms with van der Waals surface area (Å²) in [6.45, 7) is 3.33. The van der Waals surface area contributed by atoms with E-state index in [1.54, 1.807) is 9.80 Å². The number of benzene rings is 2. The number of hydrogen-bond donors (Lipinski definition) is 1. The summed E-state index contributed by atoms with van der Waals surface area (Å²) in [5, 5.41) is 2.60. The Kier molecular flexibility index (Phi) is 9.33. The highest BCUT2D eigenvalue weighted by molar-refractivity contribution is 5.95. The molecule has 1 N–H and O–H groups in total. The Bertz CT molecular complexity index is 1360. The van der Waals surface area contributed by atoms with E-state index in [9.17, 15) is 40.7 Å². The molecule has 0 radical (unpaired) electrons. The van der Waals surface area contributed by atoms with Gasteiger partial charge in [-0.2, -0.15) is 26.3 Å². The molecule has 5 amide bonds. The Morgan fingerprint density at radius 1 is 0.867 bits per heavy atom. The predicted octanol–water partition coefficient (Wildman–Crippen LogP) is 6.04. The minimum Gasteiger partial charge on any atom is -0.370 e. The predicted molar refractivity (Wildman–Crippen MR) is 150 cm³/mol. The fourth-order valence-corrected chi connectivity index (χ4v) is 6.27. The van der Waals surface area contributed by atoms with Gasteiger partial charge in [-0.15, -0.1) is 0 Å². The number of rotatable bonds is 5. The van der Waals surface area contributed by atoms with Crippen molar-refractivity contribution in [2.45, 2.75) is 56.7 Å². The molecule has 8 nitrogen and oxygen atoms in total. The first-order chi connectivity index (χ1) is 21.2. The molecule has 0 aliphatic carbocycles. The Hall–Kier alpha value is -3.81. The van der Waals surface area contributed by atoms with E-state index < -0.39 is 41.7 Å². The average Bonchev–Trinajstić information content (AvgIpc) is 3.45. The van der Waals surface area contributed by atoms with Gasteiger partial charge in [0.1, 0.15) is 0 Å². The van der Waals surface area contributed by atoms with Gasteiger partial charge in [0.05, 0.1) is 23.3 Å². The molecule has 3 aliphatic heterocycles. The van der Waals surface area contributed by atoms with Crippen LogP contribution in [-0.4, -0.2) is 78.0 Å². The van der Waals surface area contributed by atoms with Gasteiger partial charge in [-0.05, 0) is 55.5 Å². The van der Waals surface area contributed by atoms with Gasteiger partial charge < -0.3 is 19.9 Å². The van der Waals surface area contributed by atoms with Gasteiger partial charge in [0, 0.05) is 51.1 Å². The van der Waals surface area contributed by atoms with Crippen molar-refractivity contribution in [3.8, 4) is 0 Å². The third-order valence-electron chi connectivity index (χ3n) is 8.75. The molecule has 45 heavy (non-hydrogen) atoms. The lowest BCUT2D eigenvalue weighted by atomic mass is 9.86. The number of amides is 5. The van der Waals surface area contributed by atoms with Crippen LogP contribution < -0.4 is 5.32 Å². The number of carbonyl (C=O) groups excluding carboxylic acids is 3. The van der Waals surface area contributed by atoms with Crippen LogP contribution in [0.1, 0.15) is 60.5 Å². The number of carbonyl (C=O) groups is 3. The summed E-state index contributed by atoms with van der Waals surface area (Å²) in [7, 11) is 0. The van der Waals surface area contributed by atoms with Crippen LogP contribution in [0, 0.1) is 5.92 Å². The smallest absolute Gasteiger partial charge is 0.370 e. The van der Waals surface area contributed by atoms with Gasteiger partial charge in [-0.25, -0.2) is 14.5 Å². The van der Waals surface area contributed by atoms with Gasteiger partial charge in [-0.1, -0.05) is 30.3 Å². The SMILES string of the molecule is CC(OC1CCN(C(=O)C2CCN(C(=O)N3CCNC3=O)CC2)CC1c1ccccc1)c1cc(C(F)(F)F)cc(C(F)(F)F)c1. The maximum Gasteiger partial charge on any atom is 0.416 e. The van der Waals surface area contributed by atoms with Crippen molar-refractivity contribution < 1.29 is 45.5 Å². The second kappa shape index (κ2) is 12.9. The zero-order valence-electron chi connectivity index (χ0n) is 24.5. The molecule has 3 unspecified atom stereocenters. The van der Waals surface area contributed by atoms with E-state index in [1.165, 1.54) is 6.92 Å². The lowest BCUT2D eigenvalue weighted by molar-refractivity contribution is -0.143. The Balaban J connectivity index is 1.28. The number of hydrogen-bond acceptors (Lipinski definition) is 4. The van der Waals surface area contributed by atoms with Gasteiger partial charge in [0.25, 0.3) is 0 Å². The zero-order chi connectivity index (χ0) is 32.5. The molecule has 14 heteroatoms. The van der Waals surface area contributed by atoms with E-state index in [0.717, 1.165) is 10.5 Å². The van der Waals surface area contributed by atoms with E-state index in [2.05, 4.69) is 5.32 Å². The lowest BCUT2D eigenvalue weighted by Gasteiger charge is -2.42. The first kappa shape index (κ1) is 32.6. The van der Waals surface area contributed by atoms with E-state index >= 15 is 0 Å². The molecule has 0 bridgehead atoms. The molecule has 3 saturated heterocycles. The van der Waals surface area contributed by atoms with Crippen LogP contribution in [0.15, 0.2) is 48.5 Å². The molecular formula is C31H34F6N4O4. The molecule has 3 aliphatic rings. The van der Waals surface area contributed by atoms with Crippen molar-refractivity contribution in [2.24, 2.45) is 5.92 Å². The zero-order valence-corrected chi connectivity index (χ0v) is 24.5. The molecule has 2 aromatic carbocycles. The normalized spacial score (nSPS) is 22.4. The summed E-state index contributed by atoms with van der Waals surface area (Å²) in [6, 6.07) is 9.79. The molecule has 5 rings (SSSR count). The third-order valence-corrected chi connectivity index (χ3v) is 8.75. The van der Waals surface area contributed by atoms with E-state index in [-0.39, 0.29) is 41.9 Å². The number of likely N-dealkylation sites (tertiary alicyclic amines) is 2. The molecule has 0 saturated carbocycles. The maximum atomic E-state index is 13.6. The van der Waals surface area contributed by atoms with Crippen LogP contribution in [-0.2, 0) is 21.9 Å². The number of urea groups is 2. The number of halogens is 6. The van der Waals surface area contributed by atoms with Crippen LogP contribution in [0.3, 0.4) is 0 Å². The van der Waals surface area contributed by atoms with Gasteiger partial charge in [0.2, 0.25) is 5.91 Å². The topological polar surface area (TPSA) is 82.2 Å². The molecule has 0 aromatic heterocycles. The minimum absolute atomic E-state index is 0.0823. The number of alkyl halides is 6. The largest absolute Gasteiger partial charge is 0.416 e. The molecule has 244 valence electrons. The van der Waals surface area contributed by atoms with Crippen molar-refractivity contribution >= 4 is 18.0 Å². The standard InChI is InChI=1S/C31H34F6N4O4/c1-19(22-15-23(30(32,33)34)17-24(16-22)31(35,36)37)45-26-9-13-40(18-25(26)20-5-3-2-4-6-20)27(42)21-7-11-39(12-8-21)29(44)41-14-10-38-28(41)43/h2-6,15-17,19,21,25-26H,7-14,18H2,1H3,(H,38,43). The molecule has 3 heterocycles. The highest BCUT2D eigenvalue weighted by Crippen LogP contribution is 2.40. The first-order valence-electron chi connectivity index (χ1n) is 14.8. The Labute approximate surface area is 256 Å². The van der Waals surface area contributed by atoms with Crippen molar-refractivity contribution in [3.05, 3.63) is 70.8 Å². The lowest BCUT2D eigenvalue weighted by Crippen LogP contribution is -2.52. The second-order valence-electron chi connectivity index (χ2n) is 11.7. The van der Waals surface area contributed by atoms with E-state index in [0.29, 0.717) is 64.1 Å². The summed E-state index contributed by atoms with van der Waals surface area (Å²) in [4.78, 5) is 42.7. The van der Waals surface area contributed by atoms with Crippen molar-refractivity contribution in [2.75, 3.05) is 39.3 Å². The summed E-state index contributed by atoms with van der Waals surface area (Å²) in [5.74, 6) is -0.795. The molecule has 0 spiro atoms.